The molecule has 4 rings (SSSR count). The molecule has 1 heterocycles. The molecule has 0 radical (unpaired) electrons. The number of nitrogens with zero attached hydrogens (tertiary/aromatic N) is 2. The molecule has 0 N–H and O–H groups in total. The summed E-state index contributed by atoms with van der Waals surface area (Å²) >= 11 is 13.1. The summed E-state index contributed by atoms with van der Waals surface area (Å²) in [7, 11) is 1.77. The van der Waals surface area contributed by atoms with Gasteiger partial charge in [0.15, 0.2) is 0 Å². The van der Waals surface area contributed by atoms with Gasteiger partial charge in [0.2, 0.25) is 5.91 Å². The van der Waals surface area contributed by atoms with Crippen LogP contribution in [0.15, 0.2) is 48.8 Å². The van der Waals surface area contributed by atoms with Gasteiger partial charge in [0.25, 0.3) is 0 Å². The fourth-order valence-corrected chi connectivity index (χ4v) is 4.68. The largest absolute Gasteiger partial charge is 0.488 e. The Balaban J connectivity index is 1.54. The highest BCUT2D eigenvalue weighted by atomic mass is 35.5. The molecule has 2 aromatic carbocycles. The molecule has 0 atom stereocenters. The molecule has 30 heavy (non-hydrogen) atoms. The maximum Gasteiger partial charge on any atom is 0.227 e. The van der Waals surface area contributed by atoms with Crippen LogP contribution >= 0.6 is 23.2 Å². The van der Waals surface area contributed by atoms with E-state index in [2.05, 4.69) is 4.98 Å². The topological polar surface area (TPSA) is 42.4 Å². The number of hydrogen-bond donors (Lipinski definition) is 0. The quantitative estimate of drug-likeness (QED) is 0.428. The number of carbonyl (C=O) groups excluding carboxylic acids is 1. The van der Waals surface area contributed by atoms with Gasteiger partial charge >= 0.3 is 0 Å². The summed E-state index contributed by atoms with van der Waals surface area (Å²) < 4.78 is 6.07. The summed E-state index contributed by atoms with van der Waals surface area (Å²) in [5, 5.41) is 2.94. The van der Waals surface area contributed by atoms with E-state index < -0.39 is 0 Å². The Morgan fingerprint density at radius 3 is 2.77 bits per heavy atom. The molecule has 6 heteroatoms. The summed E-state index contributed by atoms with van der Waals surface area (Å²) in [6, 6.07) is 11.3. The van der Waals surface area contributed by atoms with E-state index in [1.165, 1.54) is 12.8 Å². The van der Waals surface area contributed by atoms with Crippen LogP contribution in [0.4, 0.5) is 5.69 Å². The van der Waals surface area contributed by atoms with Gasteiger partial charge in [-0.05, 0) is 43.0 Å². The van der Waals surface area contributed by atoms with Crippen LogP contribution < -0.4 is 9.64 Å². The number of carbonyl (C=O) groups is 1. The zero-order chi connectivity index (χ0) is 21.1. The lowest BCUT2D eigenvalue weighted by Gasteiger charge is -2.22. The van der Waals surface area contributed by atoms with Gasteiger partial charge < -0.3 is 9.64 Å². The molecule has 4 nitrogen and oxygen atoms in total. The summed E-state index contributed by atoms with van der Waals surface area (Å²) in [5.74, 6) is 1.30. The van der Waals surface area contributed by atoms with Crippen LogP contribution in [0.2, 0.25) is 10.0 Å². The summed E-state index contributed by atoms with van der Waals surface area (Å²) in [5.41, 5.74) is 1.33. The van der Waals surface area contributed by atoms with Crippen molar-refractivity contribution < 1.29 is 9.53 Å². The summed E-state index contributed by atoms with van der Waals surface area (Å²) in [4.78, 5) is 18.6. The van der Waals surface area contributed by atoms with E-state index in [1.807, 2.05) is 24.3 Å². The Morgan fingerprint density at radius 1 is 1.17 bits per heavy atom. The summed E-state index contributed by atoms with van der Waals surface area (Å²) in [6.45, 7) is 0.206. The van der Waals surface area contributed by atoms with E-state index in [0.29, 0.717) is 33.6 Å². The third-order valence-electron chi connectivity index (χ3n) is 5.85. The third-order valence-corrected chi connectivity index (χ3v) is 6.63. The van der Waals surface area contributed by atoms with Crippen LogP contribution in [0.3, 0.4) is 0 Å². The first kappa shape index (κ1) is 21.0. The second kappa shape index (κ2) is 9.23. The molecule has 0 saturated heterocycles. The number of hydrogen-bond acceptors (Lipinski definition) is 3. The van der Waals surface area contributed by atoms with E-state index >= 15 is 0 Å². The first-order valence-corrected chi connectivity index (χ1v) is 11.0. The summed E-state index contributed by atoms with van der Waals surface area (Å²) in [6.07, 6.45) is 8.80. The molecule has 1 amide bonds. The maximum atomic E-state index is 12.8. The highest BCUT2D eigenvalue weighted by Gasteiger charge is 2.23. The van der Waals surface area contributed by atoms with Gasteiger partial charge in [-0.15, -0.1) is 0 Å². The first-order valence-electron chi connectivity index (χ1n) is 10.2. The number of fused-ring (bicyclic) bond motifs is 1. The molecule has 0 unspecified atom stereocenters. The van der Waals surface area contributed by atoms with E-state index in [9.17, 15) is 4.79 Å². The lowest BCUT2D eigenvalue weighted by molar-refractivity contribution is -0.119. The fraction of sp³-hybridized carbons (Fsp3) is 0.333. The maximum absolute atomic E-state index is 12.8. The SMILES string of the molecule is CN(C(=O)CC1CCCC1)c1ccc(Cl)c(COc2cccc3cnccc23)c1Cl. The number of anilines is 1. The van der Waals surface area contributed by atoms with Crippen molar-refractivity contribution >= 4 is 45.6 Å². The predicted octanol–water partition coefficient (Wildman–Crippen LogP) is 6.66. The minimum atomic E-state index is 0.0829. The van der Waals surface area contributed by atoms with Crippen molar-refractivity contribution in [3.63, 3.8) is 0 Å². The Kier molecular flexibility index (Phi) is 6.45. The number of pyridine rings is 1. The second-order valence-electron chi connectivity index (χ2n) is 7.81. The minimum Gasteiger partial charge on any atom is -0.488 e. The van der Waals surface area contributed by atoms with Gasteiger partial charge in [0, 0.05) is 47.2 Å². The average Bonchev–Trinajstić information content (AvgIpc) is 3.26. The third kappa shape index (κ3) is 4.40. The molecule has 156 valence electrons. The minimum absolute atomic E-state index is 0.0829. The van der Waals surface area contributed by atoms with Crippen molar-refractivity contribution in [1.29, 1.82) is 0 Å². The fourth-order valence-electron chi connectivity index (χ4n) is 4.08. The zero-order valence-electron chi connectivity index (χ0n) is 16.9. The van der Waals surface area contributed by atoms with Gasteiger partial charge in [-0.25, -0.2) is 0 Å². The van der Waals surface area contributed by atoms with E-state index in [1.54, 1.807) is 36.5 Å². The molecule has 0 bridgehead atoms. The number of halogens is 2. The number of ether oxygens (including phenoxy) is 1. The number of amides is 1. The molecule has 1 aliphatic rings. The Hall–Kier alpha value is -2.30. The van der Waals surface area contributed by atoms with Crippen LogP contribution in [0.25, 0.3) is 10.8 Å². The number of rotatable bonds is 6. The van der Waals surface area contributed by atoms with Crippen LogP contribution in [-0.4, -0.2) is 17.9 Å². The molecular formula is C24H24Cl2N2O2. The monoisotopic (exact) mass is 442 g/mol. The van der Waals surface area contributed by atoms with Crippen molar-refractivity contribution in [2.24, 2.45) is 5.92 Å². The average molecular weight is 443 g/mol. The number of benzene rings is 2. The van der Waals surface area contributed by atoms with Gasteiger partial charge in [-0.1, -0.05) is 48.2 Å². The van der Waals surface area contributed by atoms with E-state index in [4.69, 9.17) is 27.9 Å². The van der Waals surface area contributed by atoms with Crippen molar-refractivity contribution in [3.05, 3.63) is 64.4 Å². The molecule has 1 saturated carbocycles. The van der Waals surface area contributed by atoms with Gasteiger partial charge in [-0.3, -0.25) is 9.78 Å². The molecule has 3 aromatic rings. The zero-order valence-corrected chi connectivity index (χ0v) is 18.4. The first-order chi connectivity index (χ1) is 14.5. The Bertz CT molecular complexity index is 1060. The molecule has 1 aromatic heterocycles. The highest BCUT2D eigenvalue weighted by Crippen LogP contribution is 2.36. The predicted molar refractivity (Wildman–Crippen MR) is 123 cm³/mol. The molecular weight excluding hydrogens is 419 g/mol. The second-order valence-corrected chi connectivity index (χ2v) is 8.59. The van der Waals surface area contributed by atoms with E-state index in [-0.39, 0.29) is 12.5 Å². The van der Waals surface area contributed by atoms with Crippen LogP contribution in [0.1, 0.15) is 37.7 Å². The lowest BCUT2D eigenvalue weighted by Crippen LogP contribution is -2.28. The van der Waals surface area contributed by atoms with Crippen LogP contribution in [-0.2, 0) is 11.4 Å². The van der Waals surface area contributed by atoms with Crippen molar-refractivity contribution in [2.75, 3.05) is 11.9 Å². The van der Waals surface area contributed by atoms with Gasteiger partial charge in [-0.2, -0.15) is 0 Å². The molecule has 1 aliphatic carbocycles. The molecule has 1 fully saturated rings. The van der Waals surface area contributed by atoms with Crippen molar-refractivity contribution in [2.45, 2.75) is 38.7 Å². The van der Waals surface area contributed by atoms with Gasteiger partial charge in [0.1, 0.15) is 12.4 Å². The van der Waals surface area contributed by atoms with Crippen molar-refractivity contribution in [1.82, 2.24) is 4.98 Å². The van der Waals surface area contributed by atoms with Crippen molar-refractivity contribution in [3.8, 4) is 5.75 Å². The standard InChI is InChI=1S/C24H24Cl2N2O2/c1-28(23(29)13-16-5-2-3-6-16)21-10-9-20(25)19(24(21)26)15-30-22-8-4-7-17-14-27-12-11-18(17)22/h4,7-12,14,16H,2-3,5-6,13,15H2,1H3. The molecule has 0 aliphatic heterocycles. The van der Waals surface area contributed by atoms with E-state index in [0.717, 1.165) is 29.4 Å². The van der Waals surface area contributed by atoms with Crippen LogP contribution in [0.5, 0.6) is 5.75 Å². The highest BCUT2D eigenvalue weighted by molar-refractivity contribution is 6.38. The molecule has 0 spiro atoms. The smallest absolute Gasteiger partial charge is 0.227 e. The van der Waals surface area contributed by atoms with Gasteiger partial charge in [0.05, 0.1) is 10.7 Å². The Labute approximate surface area is 186 Å². The lowest BCUT2D eigenvalue weighted by atomic mass is 10.0. The van der Waals surface area contributed by atoms with Crippen LogP contribution in [0, 0.1) is 5.92 Å². The normalized spacial score (nSPS) is 14.2. The number of aromatic nitrogens is 1. The Morgan fingerprint density at radius 2 is 1.97 bits per heavy atom.